The van der Waals surface area contributed by atoms with E-state index in [2.05, 4.69) is 16.0 Å². The van der Waals surface area contributed by atoms with Crippen molar-refractivity contribution in [3.8, 4) is 11.1 Å². The number of hydrogen-bond donors (Lipinski definition) is 0. The first-order chi connectivity index (χ1) is 9.33. The molecule has 1 aromatic carbocycles. The highest BCUT2D eigenvalue weighted by atomic mass is 19.1. The normalized spacial score (nSPS) is 17.3. The molecule has 0 saturated heterocycles. The molecule has 0 unspecified atom stereocenters. The Morgan fingerprint density at radius 2 is 1.63 bits per heavy atom. The van der Waals surface area contributed by atoms with Crippen molar-refractivity contribution in [1.29, 1.82) is 0 Å². The van der Waals surface area contributed by atoms with Gasteiger partial charge in [-0.15, -0.1) is 0 Å². The smallest absolute Gasteiger partial charge is 0.123 e. The predicted molar refractivity (Wildman–Crippen MR) is 74.4 cm³/mol. The SMILES string of the molecule is Fc1ccc(-c2cnn(C3CCCCCC3)c2)cc1. The average Bonchev–Trinajstić information content (AvgIpc) is 2.76. The molecule has 1 heterocycles. The van der Waals surface area contributed by atoms with Gasteiger partial charge >= 0.3 is 0 Å². The largest absolute Gasteiger partial charge is 0.269 e. The molecule has 100 valence electrons. The van der Waals surface area contributed by atoms with Gasteiger partial charge in [-0.1, -0.05) is 37.8 Å². The Labute approximate surface area is 113 Å². The number of benzene rings is 1. The third kappa shape index (κ3) is 2.86. The predicted octanol–water partition coefficient (Wildman–Crippen LogP) is 4.58. The summed E-state index contributed by atoms with van der Waals surface area (Å²) in [5.41, 5.74) is 2.10. The molecule has 0 bridgehead atoms. The fourth-order valence-corrected chi connectivity index (χ4v) is 2.85. The van der Waals surface area contributed by atoms with Crippen LogP contribution in [0.25, 0.3) is 11.1 Å². The lowest BCUT2D eigenvalue weighted by Crippen LogP contribution is -2.08. The van der Waals surface area contributed by atoms with E-state index in [1.54, 1.807) is 0 Å². The zero-order chi connectivity index (χ0) is 13.1. The zero-order valence-corrected chi connectivity index (χ0v) is 11.1. The van der Waals surface area contributed by atoms with Gasteiger partial charge in [0.1, 0.15) is 5.82 Å². The Hall–Kier alpha value is -1.64. The van der Waals surface area contributed by atoms with Gasteiger partial charge in [0, 0.05) is 11.8 Å². The van der Waals surface area contributed by atoms with Crippen molar-refractivity contribution in [3.05, 3.63) is 42.5 Å². The van der Waals surface area contributed by atoms with Crippen LogP contribution in [0.1, 0.15) is 44.6 Å². The molecular weight excluding hydrogens is 239 g/mol. The minimum absolute atomic E-state index is 0.195. The molecule has 0 spiro atoms. The summed E-state index contributed by atoms with van der Waals surface area (Å²) in [4.78, 5) is 0. The van der Waals surface area contributed by atoms with Crippen LogP contribution in [0, 0.1) is 5.82 Å². The lowest BCUT2D eigenvalue weighted by molar-refractivity contribution is 0.405. The zero-order valence-electron chi connectivity index (χ0n) is 11.1. The van der Waals surface area contributed by atoms with Gasteiger partial charge in [-0.05, 0) is 30.5 Å². The van der Waals surface area contributed by atoms with Gasteiger partial charge < -0.3 is 0 Å². The molecule has 0 amide bonds. The highest BCUT2D eigenvalue weighted by Gasteiger charge is 2.15. The summed E-state index contributed by atoms with van der Waals surface area (Å²) in [5.74, 6) is -0.195. The topological polar surface area (TPSA) is 17.8 Å². The van der Waals surface area contributed by atoms with Crippen LogP contribution in [-0.4, -0.2) is 9.78 Å². The Morgan fingerprint density at radius 3 is 2.32 bits per heavy atom. The molecule has 1 aliphatic rings. The number of halogens is 1. The van der Waals surface area contributed by atoms with Gasteiger partial charge in [0.15, 0.2) is 0 Å². The summed E-state index contributed by atoms with van der Waals surface area (Å²) in [7, 11) is 0. The molecule has 1 aromatic heterocycles. The Morgan fingerprint density at radius 1 is 0.947 bits per heavy atom. The number of nitrogens with zero attached hydrogens (tertiary/aromatic N) is 2. The third-order valence-corrected chi connectivity index (χ3v) is 3.98. The molecule has 1 saturated carbocycles. The van der Waals surface area contributed by atoms with Crippen LogP contribution in [0.3, 0.4) is 0 Å². The van der Waals surface area contributed by atoms with Crippen molar-refractivity contribution < 1.29 is 4.39 Å². The molecule has 0 N–H and O–H groups in total. The van der Waals surface area contributed by atoms with Gasteiger partial charge in [0.25, 0.3) is 0 Å². The van der Waals surface area contributed by atoms with E-state index in [0.29, 0.717) is 6.04 Å². The van der Waals surface area contributed by atoms with Crippen LogP contribution in [0.15, 0.2) is 36.7 Å². The average molecular weight is 258 g/mol. The van der Waals surface area contributed by atoms with Crippen molar-refractivity contribution in [1.82, 2.24) is 9.78 Å². The summed E-state index contributed by atoms with van der Waals surface area (Å²) < 4.78 is 15.0. The van der Waals surface area contributed by atoms with Gasteiger partial charge in [0.2, 0.25) is 0 Å². The maximum absolute atomic E-state index is 12.9. The van der Waals surface area contributed by atoms with Crippen LogP contribution in [0.2, 0.25) is 0 Å². The van der Waals surface area contributed by atoms with Crippen LogP contribution in [-0.2, 0) is 0 Å². The van der Waals surface area contributed by atoms with Gasteiger partial charge in [0.05, 0.1) is 12.2 Å². The van der Waals surface area contributed by atoms with Gasteiger partial charge in [-0.3, -0.25) is 4.68 Å². The maximum Gasteiger partial charge on any atom is 0.123 e. The molecular formula is C16H19FN2. The van der Waals surface area contributed by atoms with Gasteiger partial charge in [-0.2, -0.15) is 5.10 Å². The molecule has 0 radical (unpaired) electrons. The van der Waals surface area contributed by atoms with Crippen molar-refractivity contribution in [2.45, 2.75) is 44.6 Å². The first-order valence-electron chi connectivity index (χ1n) is 7.13. The fourth-order valence-electron chi connectivity index (χ4n) is 2.85. The van der Waals surface area contributed by atoms with Crippen LogP contribution < -0.4 is 0 Å². The summed E-state index contributed by atoms with van der Waals surface area (Å²) in [5, 5.41) is 4.50. The maximum atomic E-state index is 12.9. The quantitative estimate of drug-likeness (QED) is 0.721. The highest BCUT2D eigenvalue weighted by molar-refractivity contribution is 5.61. The summed E-state index contributed by atoms with van der Waals surface area (Å²) >= 11 is 0. The number of aromatic nitrogens is 2. The van der Waals surface area contributed by atoms with E-state index < -0.39 is 0 Å². The highest BCUT2D eigenvalue weighted by Crippen LogP contribution is 2.28. The standard InChI is InChI=1S/C16H19FN2/c17-15-9-7-13(8-10-15)14-11-18-19(12-14)16-5-3-1-2-4-6-16/h7-12,16H,1-6H2. The molecule has 3 rings (SSSR count). The monoisotopic (exact) mass is 258 g/mol. The first kappa shape index (κ1) is 12.4. The van der Waals surface area contributed by atoms with Crippen LogP contribution in [0.4, 0.5) is 4.39 Å². The van der Waals surface area contributed by atoms with E-state index >= 15 is 0 Å². The molecule has 1 fully saturated rings. The molecule has 19 heavy (non-hydrogen) atoms. The number of hydrogen-bond acceptors (Lipinski definition) is 1. The minimum atomic E-state index is -0.195. The second kappa shape index (κ2) is 5.55. The minimum Gasteiger partial charge on any atom is -0.269 e. The van der Waals surface area contributed by atoms with Crippen molar-refractivity contribution in [2.24, 2.45) is 0 Å². The molecule has 0 aliphatic heterocycles. The van der Waals surface area contributed by atoms with E-state index in [1.807, 2.05) is 18.3 Å². The number of rotatable bonds is 2. The van der Waals surface area contributed by atoms with E-state index in [-0.39, 0.29) is 5.82 Å². The van der Waals surface area contributed by atoms with E-state index in [1.165, 1.54) is 50.7 Å². The first-order valence-corrected chi connectivity index (χ1v) is 7.13. The van der Waals surface area contributed by atoms with Gasteiger partial charge in [-0.25, -0.2) is 4.39 Å². The summed E-state index contributed by atoms with van der Waals surface area (Å²) in [6, 6.07) is 7.15. The van der Waals surface area contributed by atoms with Crippen LogP contribution in [0.5, 0.6) is 0 Å². The molecule has 2 aromatic rings. The van der Waals surface area contributed by atoms with Crippen molar-refractivity contribution >= 4 is 0 Å². The molecule has 3 heteroatoms. The summed E-state index contributed by atoms with van der Waals surface area (Å²) in [6.45, 7) is 0. The third-order valence-electron chi connectivity index (χ3n) is 3.98. The Kier molecular flexibility index (Phi) is 3.62. The van der Waals surface area contributed by atoms with E-state index in [4.69, 9.17) is 0 Å². The second-order valence-electron chi connectivity index (χ2n) is 5.36. The lowest BCUT2D eigenvalue weighted by atomic mass is 10.1. The fraction of sp³-hybridized carbons (Fsp3) is 0.438. The Balaban J connectivity index is 1.80. The molecule has 2 nitrogen and oxygen atoms in total. The summed E-state index contributed by atoms with van der Waals surface area (Å²) in [6.07, 6.45) is 11.7. The van der Waals surface area contributed by atoms with Crippen molar-refractivity contribution in [3.63, 3.8) is 0 Å². The van der Waals surface area contributed by atoms with E-state index in [9.17, 15) is 4.39 Å². The lowest BCUT2D eigenvalue weighted by Gasteiger charge is -2.14. The Bertz CT molecular complexity index is 522. The van der Waals surface area contributed by atoms with Crippen molar-refractivity contribution in [2.75, 3.05) is 0 Å². The second-order valence-corrected chi connectivity index (χ2v) is 5.36. The van der Waals surface area contributed by atoms with Crippen LogP contribution >= 0.6 is 0 Å². The molecule has 1 aliphatic carbocycles. The molecule has 0 atom stereocenters. The van der Waals surface area contributed by atoms with E-state index in [0.717, 1.165) is 11.1 Å².